The molecule has 1 aromatic carbocycles. The molecule has 0 aliphatic rings. The first-order valence-corrected chi connectivity index (χ1v) is 5.50. The molecule has 0 aliphatic heterocycles. The van der Waals surface area contributed by atoms with Crippen LogP contribution in [-0.4, -0.2) is 12.8 Å². The topological polar surface area (TPSA) is 35.2 Å². The zero-order valence-corrected chi connectivity index (χ0v) is 10.9. The highest BCUT2D eigenvalue weighted by atomic mass is 35.5. The van der Waals surface area contributed by atoms with Crippen molar-refractivity contribution in [2.75, 3.05) is 6.61 Å². The molecular weight excluding hydrogens is 267 g/mol. The summed E-state index contributed by atoms with van der Waals surface area (Å²) in [7, 11) is 0. The predicted molar refractivity (Wildman–Crippen MR) is 67.1 cm³/mol. The zero-order valence-electron chi connectivity index (χ0n) is 10.0. The van der Waals surface area contributed by atoms with E-state index in [-0.39, 0.29) is 18.0 Å². The summed E-state index contributed by atoms with van der Waals surface area (Å²) in [6.45, 7) is 2.51. The van der Waals surface area contributed by atoms with Gasteiger partial charge in [-0.15, -0.1) is 12.4 Å². The average Bonchev–Trinajstić information content (AvgIpc) is 2.28. The third kappa shape index (κ3) is 5.14. The second-order valence-electron chi connectivity index (χ2n) is 3.79. The molecule has 0 amide bonds. The summed E-state index contributed by atoms with van der Waals surface area (Å²) in [6, 6.07) is 3.88. The van der Waals surface area contributed by atoms with Crippen LogP contribution in [0.2, 0.25) is 0 Å². The first-order chi connectivity index (χ1) is 7.95. The Bertz CT molecular complexity index is 357. The Morgan fingerprint density at radius 2 is 2.00 bits per heavy atom. The SMILES string of the molecule is CCCCOc1cccc([C@@H](N)C(F)(F)F)c1.Cl. The lowest BCUT2D eigenvalue weighted by Gasteiger charge is -2.16. The maximum absolute atomic E-state index is 12.4. The van der Waals surface area contributed by atoms with Crippen molar-refractivity contribution in [3.63, 3.8) is 0 Å². The molecule has 0 radical (unpaired) electrons. The van der Waals surface area contributed by atoms with Gasteiger partial charge in [0.15, 0.2) is 0 Å². The number of rotatable bonds is 5. The van der Waals surface area contributed by atoms with Crippen molar-refractivity contribution in [3.05, 3.63) is 29.8 Å². The van der Waals surface area contributed by atoms with Crippen molar-refractivity contribution in [1.82, 2.24) is 0 Å². The molecule has 6 heteroatoms. The molecule has 104 valence electrons. The molecule has 18 heavy (non-hydrogen) atoms. The van der Waals surface area contributed by atoms with Crippen molar-refractivity contribution in [2.45, 2.75) is 32.0 Å². The van der Waals surface area contributed by atoms with Gasteiger partial charge in [-0.3, -0.25) is 0 Å². The Morgan fingerprint density at radius 3 is 2.56 bits per heavy atom. The molecule has 0 aromatic heterocycles. The van der Waals surface area contributed by atoms with E-state index in [1.807, 2.05) is 6.92 Å². The van der Waals surface area contributed by atoms with Gasteiger partial charge < -0.3 is 10.5 Å². The van der Waals surface area contributed by atoms with Crippen LogP contribution in [-0.2, 0) is 0 Å². The van der Waals surface area contributed by atoms with Crippen LogP contribution in [0.15, 0.2) is 24.3 Å². The van der Waals surface area contributed by atoms with E-state index in [2.05, 4.69) is 0 Å². The average molecular weight is 284 g/mol. The maximum atomic E-state index is 12.4. The van der Waals surface area contributed by atoms with Crippen molar-refractivity contribution >= 4 is 12.4 Å². The number of nitrogens with two attached hydrogens (primary N) is 1. The number of benzene rings is 1. The highest BCUT2D eigenvalue weighted by Crippen LogP contribution is 2.31. The van der Waals surface area contributed by atoms with Gasteiger partial charge in [-0.2, -0.15) is 13.2 Å². The van der Waals surface area contributed by atoms with E-state index in [0.29, 0.717) is 12.4 Å². The Kier molecular flexibility index (Phi) is 7.09. The number of alkyl halides is 3. The molecule has 1 rings (SSSR count). The lowest BCUT2D eigenvalue weighted by atomic mass is 10.1. The van der Waals surface area contributed by atoms with Crippen LogP contribution < -0.4 is 10.5 Å². The summed E-state index contributed by atoms with van der Waals surface area (Å²) in [5, 5.41) is 0. The van der Waals surface area contributed by atoms with Crippen molar-refractivity contribution in [1.29, 1.82) is 0 Å². The van der Waals surface area contributed by atoms with Crippen LogP contribution in [0.4, 0.5) is 13.2 Å². The number of hydrogen-bond donors (Lipinski definition) is 1. The minimum Gasteiger partial charge on any atom is -0.494 e. The van der Waals surface area contributed by atoms with Crippen molar-refractivity contribution < 1.29 is 17.9 Å². The van der Waals surface area contributed by atoms with Gasteiger partial charge in [0.1, 0.15) is 11.8 Å². The Balaban J connectivity index is 0.00000289. The predicted octanol–water partition coefficient (Wildman–Crippen LogP) is 3.85. The smallest absolute Gasteiger partial charge is 0.407 e. The summed E-state index contributed by atoms with van der Waals surface area (Å²) in [6.07, 6.45) is -2.58. The Hall–Kier alpha value is -0.940. The van der Waals surface area contributed by atoms with E-state index in [0.717, 1.165) is 12.8 Å². The molecule has 0 bridgehead atoms. The normalized spacial score (nSPS) is 12.7. The molecule has 2 nitrogen and oxygen atoms in total. The maximum Gasteiger partial charge on any atom is 0.407 e. The van der Waals surface area contributed by atoms with E-state index < -0.39 is 12.2 Å². The van der Waals surface area contributed by atoms with Crippen LogP contribution >= 0.6 is 12.4 Å². The van der Waals surface area contributed by atoms with Crippen LogP contribution in [0.3, 0.4) is 0 Å². The Labute approximate surface area is 111 Å². The second kappa shape index (κ2) is 7.48. The van der Waals surface area contributed by atoms with E-state index in [1.54, 1.807) is 6.07 Å². The molecular formula is C12H17ClF3NO. The standard InChI is InChI=1S/C12H16F3NO.ClH/c1-2-3-7-17-10-6-4-5-9(8-10)11(16)12(13,14)15;/h4-6,8,11H,2-3,7,16H2,1H3;1H/t11-;/m1./s1. The largest absolute Gasteiger partial charge is 0.494 e. The number of hydrogen-bond acceptors (Lipinski definition) is 2. The van der Waals surface area contributed by atoms with Crippen LogP contribution in [0.1, 0.15) is 31.4 Å². The quantitative estimate of drug-likeness (QED) is 0.833. The van der Waals surface area contributed by atoms with Gasteiger partial charge in [-0.25, -0.2) is 0 Å². The van der Waals surface area contributed by atoms with E-state index >= 15 is 0 Å². The lowest BCUT2D eigenvalue weighted by Crippen LogP contribution is -2.28. The fraction of sp³-hybridized carbons (Fsp3) is 0.500. The first-order valence-electron chi connectivity index (χ1n) is 5.50. The molecule has 0 spiro atoms. The molecule has 2 N–H and O–H groups in total. The van der Waals surface area contributed by atoms with Crippen molar-refractivity contribution in [2.24, 2.45) is 5.73 Å². The van der Waals surface area contributed by atoms with Gasteiger partial charge >= 0.3 is 6.18 Å². The van der Waals surface area contributed by atoms with Gasteiger partial charge in [-0.05, 0) is 24.1 Å². The molecule has 0 heterocycles. The molecule has 0 fully saturated rings. The minimum absolute atomic E-state index is 0. The summed E-state index contributed by atoms with van der Waals surface area (Å²) in [5.74, 6) is 0.427. The molecule has 0 saturated carbocycles. The molecule has 0 unspecified atom stereocenters. The van der Waals surface area contributed by atoms with Gasteiger partial charge in [0.05, 0.1) is 6.61 Å². The third-order valence-electron chi connectivity index (χ3n) is 2.34. The minimum atomic E-state index is -4.43. The zero-order chi connectivity index (χ0) is 12.9. The molecule has 1 atom stereocenters. The summed E-state index contributed by atoms with van der Waals surface area (Å²) >= 11 is 0. The van der Waals surface area contributed by atoms with Gasteiger partial charge in [0.25, 0.3) is 0 Å². The third-order valence-corrected chi connectivity index (χ3v) is 2.34. The second-order valence-corrected chi connectivity index (χ2v) is 3.79. The number of unbranched alkanes of at least 4 members (excludes halogenated alkanes) is 1. The molecule has 1 aromatic rings. The fourth-order valence-electron chi connectivity index (χ4n) is 1.32. The van der Waals surface area contributed by atoms with Gasteiger partial charge in [0, 0.05) is 0 Å². The van der Waals surface area contributed by atoms with E-state index in [9.17, 15) is 13.2 Å². The van der Waals surface area contributed by atoms with Gasteiger partial charge in [0.2, 0.25) is 0 Å². The van der Waals surface area contributed by atoms with E-state index in [4.69, 9.17) is 10.5 Å². The number of halogens is 4. The van der Waals surface area contributed by atoms with Crippen molar-refractivity contribution in [3.8, 4) is 5.75 Å². The lowest BCUT2D eigenvalue weighted by molar-refractivity contribution is -0.149. The monoisotopic (exact) mass is 283 g/mol. The fourth-order valence-corrected chi connectivity index (χ4v) is 1.32. The highest BCUT2D eigenvalue weighted by Gasteiger charge is 2.37. The number of ether oxygens (including phenoxy) is 1. The summed E-state index contributed by atoms with van der Waals surface area (Å²) in [5.41, 5.74) is 5.14. The first kappa shape index (κ1) is 17.1. The van der Waals surface area contributed by atoms with Crippen LogP contribution in [0.5, 0.6) is 5.75 Å². The summed E-state index contributed by atoms with van der Waals surface area (Å²) in [4.78, 5) is 0. The molecule has 0 saturated heterocycles. The van der Waals surface area contributed by atoms with Crippen LogP contribution in [0, 0.1) is 0 Å². The molecule has 0 aliphatic carbocycles. The summed E-state index contributed by atoms with van der Waals surface area (Å²) < 4.78 is 42.5. The highest BCUT2D eigenvalue weighted by molar-refractivity contribution is 5.85. The van der Waals surface area contributed by atoms with Gasteiger partial charge in [-0.1, -0.05) is 25.5 Å². The van der Waals surface area contributed by atoms with Crippen LogP contribution in [0.25, 0.3) is 0 Å². The van der Waals surface area contributed by atoms with E-state index in [1.165, 1.54) is 18.2 Å². The Morgan fingerprint density at radius 1 is 1.33 bits per heavy atom.